The van der Waals surface area contributed by atoms with Crippen LogP contribution in [-0.4, -0.2) is 14.8 Å². The zero-order valence-corrected chi connectivity index (χ0v) is 29.6. The van der Waals surface area contributed by atoms with Crippen molar-refractivity contribution in [2.24, 2.45) is 0 Å². The molecule has 3 aliphatic rings. The van der Waals surface area contributed by atoms with Gasteiger partial charge in [-0.2, -0.15) is 0 Å². The average molecular weight is 657 g/mol. The van der Waals surface area contributed by atoms with Gasteiger partial charge in [0.15, 0.2) is 8.07 Å². The van der Waals surface area contributed by atoms with Crippen LogP contribution in [0.25, 0.3) is 0 Å². The van der Waals surface area contributed by atoms with Crippen LogP contribution in [0.5, 0.6) is 0 Å². The molecule has 0 radical (unpaired) electrons. The molecule has 0 aliphatic carbocycles. The van der Waals surface area contributed by atoms with Crippen LogP contribution in [0.3, 0.4) is 0 Å². The molecule has 4 heteroatoms. The quantitative estimate of drug-likeness (QED) is 0.190. The van der Waals surface area contributed by atoms with Gasteiger partial charge in [-0.25, -0.2) is 0 Å². The molecule has 50 heavy (non-hydrogen) atoms. The van der Waals surface area contributed by atoms with Gasteiger partial charge in [0.1, 0.15) is 0 Å². The molecule has 0 bridgehead atoms. The summed E-state index contributed by atoms with van der Waals surface area (Å²) in [6.45, 7) is 7.08. The molecule has 0 amide bonds. The first-order chi connectivity index (χ1) is 24.5. The number of fused-ring (bicyclic) bond motifs is 10. The van der Waals surface area contributed by atoms with E-state index in [0.29, 0.717) is 0 Å². The fraction of sp³-hybridized carbons (Fsp3) is 0.0870. The van der Waals surface area contributed by atoms with Gasteiger partial charge in [0.2, 0.25) is 6.71 Å². The highest BCUT2D eigenvalue weighted by atomic mass is 28.3. The lowest BCUT2D eigenvalue weighted by Crippen LogP contribution is -2.80. The Kier molecular flexibility index (Phi) is 6.29. The van der Waals surface area contributed by atoms with Gasteiger partial charge in [-0.05, 0) is 79.0 Å². The van der Waals surface area contributed by atoms with Gasteiger partial charge in [0.25, 0.3) is 0 Å². The second-order valence-electron chi connectivity index (χ2n) is 14.9. The second kappa shape index (κ2) is 10.7. The number of nitrogens with zero attached hydrogens (tertiary/aromatic N) is 2. The number of benzene rings is 7. The first-order valence-electron chi connectivity index (χ1n) is 17.7. The molecule has 0 unspecified atom stereocenters. The van der Waals surface area contributed by atoms with Crippen molar-refractivity contribution in [3.63, 3.8) is 0 Å². The molecule has 0 fully saturated rings. The van der Waals surface area contributed by atoms with E-state index >= 15 is 0 Å². The minimum absolute atomic E-state index is 0.0370. The van der Waals surface area contributed by atoms with Crippen LogP contribution in [0.2, 0.25) is 0 Å². The van der Waals surface area contributed by atoms with Gasteiger partial charge in [-0.15, -0.1) is 0 Å². The lowest BCUT2D eigenvalue weighted by molar-refractivity contribution is 0.591. The van der Waals surface area contributed by atoms with Crippen molar-refractivity contribution in [3.8, 4) is 0 Å². The van der Waals surface area contributed by atoms with Crippen molar-refractivity contribution in [2.45, 2.75) is 26.2 Å². The van der Waals surface area contributed by atoms with Crippen molar-refractivity contribution in [2.75, 3.05) is 9.80 Å². The van der Waals surface area contributed by atoms with E-state index in [1.54, 1.807) is 0 Å². The van der Waals surface area contributed by atoms with Gasteiger partial charge in [0.05, 0.1) is 0 Å². The summed E-state index contributed by atoms with van der Waals surface area (Å²) in [5, 5.41) is 5.79. The number of anilines is 6. The Morgan fingerprint density at radius 2 is 0.960 bits per heavy atom. The minimum Gasteiger partial charge on any atom is -0.312 e. The zero-order valence-electron chi connectivity index (χ0n) is 28.6. The first kappa shape index (κ1) is 29.3. The molecule has 0 atom stereocenters. The third kappa shape index (κ3) is 3.91. The largest absolute Gasteiger partial charge is 0.312 e. The molecule has 0 N–H and O–H groups in total. The first-order valence-corrected chi connectivity index (χ1v) is 19.7. The number of hydrogen-bond acceptors (Lipinski definition) is 2. The summed E-state index contributed by atoms with van der Waals surface area (Å²) in [6.07, 6.45) is 0. The maximum atomic E-state index is 2.62. The molecule has 3 heterocycles. The summed E-state index contributed by atoms with van der Waals surface area (Å²) in [5.74, 6) is 0. The molecule has 2 nitrogen and oxygen atoms in total. The monoisotopic (exact) mass is 656 g/mol. The van der Waals surface area contributed by atoms with E-state index in [9.17, 15) is 0 Å². The van der Waals surface area contributed by atoms with Crippen LogP contribution in [0.4, 0.5) is 34.1 Å². The summed E-state index contributed by atoms with van der Waals surface area (Å²) in [4.78, 5) is 5.11. The molecule has 0 saturated carbocycles. The van der Waals surface area contributed by atoms with Crippen LogP contribution < -0.4 is 46.9 Å². The van der Waals surface area contributed by atoms with E-state index in [1.807, 2.05) is 0 Å². The number of hydrogen-bond donors (Lipinski definition) is 0. The van der Waals surface area contributed by atoms with Crippen LogP contribution in [0, 0.1) is 0 Å². The summed E-state index contributed by atoms with van der Waals surface area (Å²) in [7, 11) is -2.86. The van der Waals surface area contributed by atoms with Crippen LogP contribution in [0.15, 0.2) is 170 Å². The zero-order chi connectivity index (χ0) is 33.6. The van der Waals surface area contributed by atoms with Crippen molar-refractivity contribution in [3.05, 3.63) is 175 Å². The highest BCUT2D eigenvalue weighted by molar-refractivity contribution is 7.23. The molecule has 7 aromatic carbocycles. The van der Waals surface area contributed by atoms with Gasteiger partial charge < -0.3 is 9.80 Å². The molecule has 238 valence electrons. The molecule has 0 aromatic heterocycles. The lowest BCUT2D eigenvalue weighted by Gasteiger charge is -2.52. The molecule has 3 aliphatic heterocycles. The highest BCUT2D eigenvalue weighted by Gasteiger charge is 2.55. The predicted octanol–water partition coefficient (Wildman–Crippen LogP) is 6.76. The van der Waals surface area contributed by atoms with Crippen molar-refractivity contribution in [1.82, 2.24) is 0 Å². The summed E-state index contributed by atoms with van der Waals surface area (Å²) >= 11 is 0. The maximum Gasteiger partial charge on any atom is 0.246 e. The van der Waals surface area contributed by atoms with E-state index in [2.05, 4.69) is 200 Å². The third-order valence-electron chi connectivity index (χ3n) is 11.2. The van der Waals surface area contributed by atoms with Crippen LogP contribution >= 0.6 is 0 Å². The predicted molar refractivity (Wildman–Crippen MR) is 216 cm³/mol. The van der Waals surface area contributed by atoms with Crippen LogP contribution in [-0.2, 0) is 5.41 Å². The summed E-state index contributed by atoms with van der Waals surface area (Å²) in [5.41, 5.74) is 13.2. The summed E-state index contributed by atoms with van der Waals surface area (Å²) < 4.78 is 0. The highest BCUT2D eigenvalue weighted by Crippen LogP contribution is 2.44. The second-order valence-corrected chi connectivity index (χ2v) is 18.6. The third-order valence-corrected chi connectivity index (χ3v) is 16.1. The average Bonchev–Trinajstić information content (AvgIpc) is 3.16. The summed E-state index contributed by atoms with van der Waals surface area (Å²) in [6, 6.07) is 64.3. The molecule has 7 aromatic rings. The Hall–Kier alpha value is -5.58. The van der Waals surface area contributed by atoms with E-state index in [0.717, 1.165) is 0 Å². The van der Waals surface area contributed by atoms with E-state index < -0.39 is 8.07 Å². The maximum absolute atomic E-state index is 2.86. The standard InChI is InChI=1S/C46H37BN2Si/c1-46(2,3)32-29-30-37-36(31-32)47(33-17-6-4-7-18-33)35-21-16-28-44-45(35)49(37)40-24-12-15-27-43(40)50(44)41-25-13-10-22-38(41)48(34-19-8-5-9-20-34)39-23-11-14-26-42(39)50/h4-31H,1-3H3. The SMILES string of the molecule is CC(C)(C)c1ccc2c(c1)B(c1ccccc1)c1cccc3c1N2c1ccccc1[Si]31c2ccccc2N(c2ccccc2)c2ccccc21. The Balaban J connectivity index is 1.35. The Morgan fingerprint density at radius 3 is 1.56 bits per heavy atom. The van der Waals surface area contributed by atoms with E-state index in [1.165, 1.54) is 76.8 Å². The molecule has 1 spiro atoms. The Morgan fingerprint density at radius 1 is 0.440 bits per heavy atom. The number of para-hydroxylation sites is 5. The molecule has 0 saturated heterocycles. The molecular weight excluding hydrogens is 619 g/mol. The lowest BCUT2D eigenvalue weighted by atomic mass is 9.35. The van der Waals surface area contributed by atoms with Gasteiger partial charge in [-0.3, -0.25) is 0 Å². The topological polar surface area (TPSA) is 6.48 Å². The fourth-order valence-electron chi connectivity index (χ4n) is 9.16. The molecule has 10 rings (SSSR count). The van der Waals surface area contributed by atoms with Crippen molar-refractivity contribution in [1.29, 1.82) is 0 Å². The minimum atomic E-state index is -2.86. The fourth-order valence-corrected chi connectivity index (χ4v) is 14.6. The Labute approximate surface area is 296 Å². The number of rotatable bonds is 2. The molecular formula is C46H37BN2Si. The van der Waals surface area contributed by atoms with E-state index in [4.69, 9.17) is 0 Å². The van der Waals surface area contributed by atoms with Crippen molar-refractivity contribution >= 4 is 86.0 Å². The smallest absolute Gasteiger partial charge is 0.246 e. The Bertz CT molecular complexity index is 2400. The van der Waals surface area contributed by atoms with Crippen molar-refractivity contribution < 1.29 is 0 Å². The van der Waals surface area contributed by atoms with Crippen LogP contribution in [0.1, 0.15) is 26.3 Å². The van der Waals surface area contributed by atoms with E-state index in [-0.39, 0.29) is 12.1 Å². The van der Waals surface area contributed by atoms with Gasteiger partial charge in [0, 0.05) is 34.1 Å². The van der Waals surface area contributed by atoms with Gasteiger partial charge >= 0.3 is 0 Å². The van der Waals surface area contributed by atoms with Gasteiger partial charge in [-0.1, -0.05) is 160 Å². The normalized spacial score (nSPS) is 14.7.